The van der Waals surface area contributed by atoms with E-state index in [4.69, 9.17) is 4.98 Å². The van der Waals surface area contributed by atoms with Crippen molar-refractivity contribution < 1.29 is 0 Å². The van der Waals surface area contributed by atoms with Gasteiger partial charge in [-0.3, -0.25) is 0 Å². The Morgan fingerprint density at radius 3 is 2.30 bits per heavy atom. The number of aromatic nitrogens is 3. The Hall–Kier alpha value is -3.79. The summed E-state index contributed by atoms with van der Waals surface area (Å²) in [6.07, 6.45) is 1.61. The standard InChI is InChI=1S/C26H22N4/c1-17-8-11-20(12-9-17)23-22-14-18(2)10-13-21(22)24-25(30-23)26(29-16-28-24)27-15-19-6-4-3-5-7-19/h3-14,16H,15H2,1-2H3,(H,27,28,29). The summed E-state index contributed by atoms with van der Waals surface area (Å²) in [6, 6.07) is 25.3. The van der Waals surface area contributed by atoms with E-state index in [9.17, 15) is 0 Å². The van der Waals surface area contributed by atoms with Gasteiger partial charge in [0.05, 0.1) is 5.69 Å². The molecular weight excluding hydrogens is 368 g/mol. The highest BCUT2D eigenvalue weighted by Gasteiger charge is 2.15. The van der Waals surface area contributed by atoms with E-state index in [1.165, 1.54) is 16.7 Å². The third-order valence-corrected chi connectivity index (χ3v) is 5.36. The number of fused-ring (bicyclic) bond motifs is 3. The molecule has 5 rings (SSSR count). The topological polar surface area (TPSA) is 50.7 Å². The summed E-state index contributed by atoms with van der Waals surface area (Å²) in [5.74, 6) is 0.750. The molecule has 0 aliphatic rings. The van der Waals surface area contributed by atoms with E-state index in [2.05, 4.69) is 83.7 Å². The van der Waals surface area contributed by atoms with Crippen LogP contribution in [0.1, 0.15) is 16.7 Å². The predicted octanol–water partition coefficient (Wildman–Crippen LogP) is 6.07. The first-order valence-electron chi connectivity index (χ1n) is 10.1. The molecule has 5 aromatic rings. The number of aryl methyl sites for hydroxylation is 2. The number of benzene rings is 3. The minimum Gasteiger partial charge on any atom is -0.364 e. The summed E-state index contributed by atoms with van der Waals surface area (Å²) in [4.78, 5) is 14.2. The van der Waals surface area contributed by atoms with E-state index >= 15 is 0 Å². The first-order chi connectivity index (χ1) is 14.7. The van der Waals surface area contributed by atoms with Crippen molar-refractivity contribution in [1.29, 1.82) is 0 Å². The number of nitrogens with zero attached hydrogens (tertiary/aromatic N) is 3. The smallest absolute Gasteiger partial charge is 0.156 e. The second kappa shape index (κ2) is 7.56. The van der Waals surface area contributed by atoms with Gasteiger partial charge in [0.15, 0.2) is 5.82 Å². The van der Waals surface area contributed by atoms with Gasteiger partial charge in [-0.25, -0.2) is 15.0 Å². The van der Waals surface area contributed by atoms with Crippen molar-refractivity contribution in [3.63, 3.8) is 0 Å². The van der Waals surface area contributed by atoms with Crippen LogP contribution in [0.15, 0.2) is 79.1 Å². The van der Waals surface area contributed by atoms with Gasteiger partial charge in [-0.15, -0.1) is 0 Å². The normalized spacial score (nSPS) is 11.1. The molecule has 0 saturated carbocycles. The van der Waals surface area contributed by atoms with E-state index in [0.29, 0.717) is 6.54 Å². The second-order valence-electron chi connectivity index (χ2n) is 7.63. The molecule has 0 saturated heterocycles. The molecule has 0 fully saturated rings. The quantitative estimate of drug-likeness (QED) is 0.378. The van der Waals surface area contributed by atoms with Crippen LogP contribution in [0.3, 0.4) is 0 Å². The third-order valence-electron chi connectivity index (χ3n) is 5.36. The zero-order chi connectivity index (χ0) is 20.5. The Labute approximate surface area is 175 Å². The lowest BCUT2D eigenvalue weighted by Gasteiger charge is -2.13. The Morgan fingerprint density at radius 2 is 1.50 bits per heavy atom. The molecule has 0 unspecified atom stereocenters. The average molecular weight is 390 g/mol. The van der Waals surface area contributed by atoms with Gasteiger partial charge in [0.2, 0.25) is 0 Å². The zero-order valence-electron chi connectivity index (χ0n) is 17.1. The Bertz CT molecular complexity index is 1340. The molecule has 0 bridgehead atoms. The molecule has 0 amide bonds. The van der Waals surface area contributed by atoms with Crippen LogP contribution in [-0.2, 0) is 6.54 Å². The molecule has 0 radical (unpaired) electrons. The van der Waals surface area contributed by atoms with Gasteiger partial charge in [0.25, 0.3) is 0 Å². The lowest BCUT2D eigenvalue weighted by molar-refractivity contribution is 1.10. The van der Waals surface area contributed by atoms with Crippen LogP contribution in [0.2, 0.25) is 0 Å². The molecule has 2 heterocycles. The lowest BCUT2D eigenvalue weighted by Crippen LogP contribution is -2.04. The second-order valence-corrected chi connectivity index (χ2v) is 7.63. The summed E-state index contributed by atoms with van der Waals surface area (Å²) >= 11 is 0. The highest BCUT2D eigenvalue weighted by atomic mass is 15.0. The molecule has 2 aromatic heterocycles. The molecule has 30 heavy (non-hydrogen) atoms. The van der Waals surface area contributed by atoms with Crippen LogP contribution in [0, 0.1) is 13.8 Å². The molecule has 4 heteroatoms. The van der Waals surface area contributed by atoms with Crippen LogP contribution in [-0.4, -0.2) is 15.0 Å². The zero-order valence-corrected chi connectivity index (χ0v) is 17.1. The maximum absolute atomic E-state index is 5.07. The van der Waals surface area contributed by atoms with Gasteiger partial charge in [-0.2, -0.15) is 0 Å². The number of pyridine rings is 1. The van der Waals surface area contributed by atoms with Crippen molar-refractivity contribution in [2.24, 2.45) is 0 Å². The predicted molar refractivity (Wildman–Crippen MR) is 124 cm³/mol. The fraction of sp³-hybridized carbons (Fsp3) is 0.115. The summed E-state index contributed by atoms with van der Waals surface area (Å²) in [5, 5.41) is 5.65. The monoisotopic (exact) mass is 390 g/mol. The molecule has 0 spiro atoms. The van der Waals surface area contributed by atoms with Gasteiger partial charge in [0, 0.05) is 22.9 Å². The number of hydrogen-bond acceptors (Lipinski definition) is 4. The van der Waals surface area contributed by atoms with Crippen LogP contribution in [0.25, 0.3) is 33.1 Å². The fourth-order valence-corrected chi connectivity index (χ4v) is 3.76. The maximum atomic E-state index is 5.07. The van der Waals surface area contributed by atoms with Crippen LogP contribution in [0.4, 0.5) is 5.82 Å². The first-order valence-corrected chi connectivity index (χ1v) is 10.1. The van der Waals surface area contributed by atoms with E-state index in [-0.39, 0.29) is 0 Å². The molecule has 4 nitrogen and oxygen atoms in total. The van der Waals surface area contributed by atoms with E-state index in [1.54, 1.807) is 6.33 Å². The average Bonchev–Trinajstić information content (AvgIpc) is 2.78. The van der Waals surface area contributed by atoms with Gasteiger partial charge >= 0.3 is 0 Å². The van der Waals surface area contributed by atoms with Crippen molar-refractivity contribution in [1.82, 2.24) is 15.0 Å². The van der Waals surface area contributed by atoms with Crippen molar-refractivity contribution in [2.75, 3.05) is 5.32 Å². The number of rotatable bonds is 4. The minimum absolute atomic E-state index is 0.681. The Morgan fingerprint density at radius 1 is 0.733 bits per heavy atom. The highest BCUT2D eigenvalue weighted by molar-refractivity contribution is 6.11. The van der Waals surface area contributed by atoms with Crippen molar-refractivity contribution in [2.45, 2.75) is 20.4 Å². The molecule has 1 N–H and O–H groups in total. The van der Waals surface area contributed by atoms with Gasteiger partial charge < -0.3 is 5.32 Å². The van der Waals surface area contributed by atoms with Gasteiger partial charge in [-0.05, 0) is 25.5 Å². The molecule has 0 aliphatic heterocycles. The lowest BCUT2D eigenvalue weighted by atomic mass is 10.00. The van der Waals surface area contributed by atoms with Crippen LogP contribution < -0.4 is 5.32 Å². The molecule has 146 valence electrons. The Kier molecular flexibility index (Phi) is 4.60. The van der Waals surface area contributed by atoms with Gasteiger partial charge in [0.1, 0.15) is 17.4 Å². The van der Waals surface area contributed by atoms with Crippen LogP contribution >= 0.6 is 0 Å². The van der Waals surface area contributed by atoms with Gasteiger partial charge in [-0.1, -0.05) is 77.9 Å². The SMILES string of the molecule is Cc1ccc(-c2nc3c(NCc4ccccc4)ncnc3c3ccc(C)cc23)cc1. The Balaban J connectivity index is 1.71. The summed E-state index contributed by atoms with van der Waals surface area (Å²) in [5.41, 5.74) is 7.34. The van der Waals surface area contributed by atoms with Crippen molar-refractivity contribution in [3.8, 4) is 11.3 Å². The van der Waals surface area contributed by atoms with E-state index in [0.717, 1.165) is 38.9 Å². The third kappa shape index (κ3) is 3.37. The van der Waals surface area contributed by atoms with Crippen LogP contribution in [0.5, 0.6) is 0 Å². The maximum Gasteiger partial charge on any atom is 0.156 e. The fourth-order valence-electron chi connectivity index (χ4n) is 3.76. The van der Waals surface area contributed by atoms with Crippen molar-refractivity contribution in [3.05, 3.63) is 95.8 Å². The first kappa shape index (κ1) is 18.3. The number of anilines is 1. The molecule has 3 aromatic carbocycles. The van der Waals surface area contributed by atoms with Crippen molar-refractivity contribution >= 4 is 27.6 Å². The summed E-state index contributed by atoms with van der Waals surface area (Å²) in [7, 11) is 0. The summed E-state index contributed by atoms with van der Waals surface area (Å²) in [6.45, 7) is 4.88. The summed E-state index contributed by atoms with van der Waals surface area (Å²) < 4.78 is 0. The van der Waals surface area contributed by atoms with E-state index < -0.39 is 0 Å². The number of nitrogens with one attached hydrogen (secondary N) is 1. The minimum atomic E-state index is 0.681. The molecule has 0 atom stereocenters. The van der Waals surface area contributed by atoms with E-state index in [1.807, 2.05) is 18.2 Å². The molecular formula is C26H22N4. The molecule has 0 aliphatic carbocycles. The largest absolute Gasteiger partial charge is 0.364 e. The number of hydrogen-bond donors (Lipinski definition) is 1. The highest BCUT2D eigenvalue weighted by Crippen LogP contribution is 2.34.